The summed E-state index contributed by atoms with van der Waals surface area (Å²) in [6.07, 6.45) is 0.910. The molecule has 7 nitrogen and oxygen atoms in total. The van der Waals surface area contributed by atoms with Crippen LogP contribution in [0.1, 0.15) is 24.5 Å². The van der Waals surface area contributed by atoms with E-state index in [0.717, 1.165) is 31.5 Å². The second-order valence-corrected chi connectivity index (χ2v) is 7.39. The van der Waals surface area contributed by atoms with Gasteiger partial charge >= 0.3 is 0 Å². The molecule has 0 bridgehead atoms. The highest BCUT2D eigenvalue weighted by atomic mass is 16.7. The molecule has 2 N–H and O–H groups in total. The quantitative estimate of drug-likeness (QED) is 0.779. The number of benzene rings is 2. The first-order valence-corrected chi connectivity index (χ1v) is 9.88. The number of hydrogen-bond donors (Lipinski definition) is 2. The van der Waals surface area contributed by atoms with Crippen molar-refractivity contribution in [1.82, 2.24) is 4.90 Å². The number of nitrogens with one attached hydrogen (secondary N) is 1. The van der Waals surface area contributed by atoms with Crippen molar-refractivity contribution in [1.29, 1.82) is 0 Å². The van der Waals surface area contributed by atoms with Gasteiger partial charge in [0.25, 0.3) is 0 Å². The summed E-state index contributed by atoms with van der Waals surface area (Å²) in [4.78, 5) is 14.8. The standard InChI is InChI=1S/C22H26N2O5/c1-27-19-5-3-2-4-17(19)23-22(26)15-8-10-24(11-9-15)13-18(25)16-6-7-20-21(12-16)29-14-28-20/h2-7,12,15,18,25H,8-11,13-14H2,1H3,(H,23,26). The Morgan fingerprint density at radius 3 is 2.76 bits per heavy atom. The van der Waals surface area contributed by atoms with Gasteiger partial charge in [-0.15, -0.1) is 0 Å². The van der Waals surface area contributed by atoms with E-state index in [0.29, 0.717) is 29.5 Å². The Labute approximate surface area is 170 Å². The number of nitrogens with zero attached hydrogens (tertiary/aromatic N) is 1. The van der Waals surface area contributed by atoms with Crippen molar-refractivity contribution in [3.8, 4) is 17.2 Å². The molecule has 0 radical (unpaired) electrons. The third kappa shape index (κ3) is 4.46. The lowest BCUT2D eigenvalue weighted by Gasteiger charge is -2.32. The number of fused-ring (bicyclic) bond motifs is 1. The summed E-state index contributed by atoms with van der Waals surface area (Å²) in [6, 6.07) is 12.9. The highest BCUT2D eigenvalue weighted by Crippen LogP contribution is 2.34. The number of carbonyl (C=O) groups is 1. The molecule has 154 valence electrons. The number of aliphatic hydroxyl groups is 1. The van der Waals surface area contributed by atoms with E-state index in [2.05, 4.69) is 10.2 Å². The summed E-state index contributed by atoms with van der Waals surface area (Å²) in [5.41, 5.74) is 1.51. The van der Waals surface area contributed by atoms with Crippen LogP contribution in [0, 0.1) is 5.92 Å². The van der Waals surface area contributed by atoms with Crippen molar-refractivity contribution in [3.63, 3.8) is 0 Å². The normalized spacial score (nSPS) is 17.7. The molecular formula is C22H26N2O5. The van der Waals surface area contributed by atoms with Gasteiger partial charge in [-0.3, -0.25) is 4.79 Å². The molecular weight excluding hydrogens is 372 g/mol. The van der Waals surface area contributed by atoms with E-state index >= 15 is 0 Å². The van der Waals surface area contributed by atoms with Crippen molar-refractivity contribution in [2.24, 2.45) is 5.92 Å². The number of ether oxygens (including phenoxy) is 3. The number of methoxy groups -OCH3 is 1. The van der Waals surface area contributed by atoms with Gasteiger partial charge in [0, 0.05) is 12.5 Å². The van der Waals surface area contributed by atoms with Crippen LogP contribution in [0.25, 0.3) is 0 Å². The first-order chi connectivity index (χ1) is 14.1. The number of β-amino-alcohol motifs (C(OH)–C–C–N with tert-alkyl or cyclic N) is 1. The summed E-state index contributed by atoms with van der Waals surface area (Å²) in [5.74, 6) is 2.02. The lowest BCUT2D eigenvalue weighted by atomic mass is 9.95. The van der Waals surface area contributed by atoms with Crippen molar-refractivity contribution in [3.05, 3.63) is 48.0 Å². The second kappa shape index (κ2) is 8.71. The fourth-order valence-corrected chi connectivity index (χ4v) is 3.83. The zero-order valence-corrected chi connectivity index (χ0v) is 16.5. The van der Waals surface area contributed by atoms with Gasteiger partial charge in [0.2, 0.25) is 12.7 Å². The van der Waals surface area contributed by atoms with Crippen LogP contribution >= 0.6 is 0 Å². The zero-order valence-electron chi connectivity index (χ0n) is 16.5. The second-order valence-electron chi connectivity index (χ2n) is 7.39. The Morgan fingerprint density at radius 2 is 1.97 bits per heavy atom. The summed E-state index contributed by atoms with van der Waals surface area (Å²) < 4.78 is 16.0. The van der Waals surface area contributed by atoms with Gasteiger partial charge in [-0.1, -0.05) is 18.2 Å². The Hall–Kier alpha value is -2.77. The lowest BCUT2D eigenvalue weighted by molar-refractivity contribution is -0.121. The van der Waals surface area contributed by atoms with Crippen molar-refractivity contribution in [2.75, 3.05) is 38.9 Å². The van der Waals surface area contributed by atoms with Gasteiger partial charge in [-0.2, -0.15) is 0 Å². The minimum absolute atomic E-state index is 0.0190. The Balaban J connectivity index is 1.28. The third-order valence-corrected chi connectivity index (χ3v) is 5.54. The molecule has 0 aromatic heterocycles. The molecule has 2 aromatic carbocycles. The Morgan fingerprint density at radius 1 is 1.21 bits per heavy atom. The van der Waals surface area contributed by atoms with Gasteiger partial charge in [-0.25, -0.2) is 0 Å². The van der Waals surface area contributed by atoms with E-state index < -0.39 is 6.10 Å². The monoisotopic (exact) mass is 398 g/mol. The number of anilines is 1. The molecule has 1 amide bonds. The lowest BCUT2D eigenvalue weighted by Crippen LogP contribution is -2.40. The molecule has 2 aliphatic rings. The maximum absolute atomic E-state index is 12.6. The molecule has 1 fully saturated rings. The topological polar surface area (TPSA) is 80.3 Å². The molecule has 0 aliphatic carbocycles. The van der Waals surface area contributed by atoms with Gasteiger partial charge in [0.1, 0.15) is 5.75 Å². The smallest absolute Gasteiger partial charge is 0.231 e. The first kappa shape index (κ1) is 19.5. The van der Waals surface area contributed by atoms with E-state index in [1.807, 2.05) is 42.5 Å². The van der Waals surface area contributed by atoms with Crippen LogP contribution in [0.15, 0.2) is 42.5 Å². The average Bonchev–Trinajstić information content (AvgIpc) is 3.22. The first-order valence-electron chi connectivity index (χ1n) is 9.88. The Bertz CT molecular complexity index is 864. The number of hydrogen-bond acceptors (Lipinski definition) is 6. The number of likely N-dealkylation sites (tertiary alicyclic amines) is 1. The van der Waals surface area contributed by atoms with Gasteiger partial charge < -0.3 is 29.5 Å². The van der Waals surface area contributed by atoms with Crippen LogP contribution in [-0.4, -0.2) is 49.5 Å². The minimum atomic E-state index is -0.608. The van der Waals surface area contributed by atoms with Gasteiger partial charge in [0.05, 0.1) is 18.9 Å². The molecule has 1 saturated heterocycles. The maximum atomic E-state index is 12.6. The summed E-state index contributed by atoms with van der Waals surface area (Å²) in [6.45, 7) is 2.29. The minimum Gasteiger partial charge on any atom is -0.495 e. The average molecular weight is 398 g/mol. The molecule has 2 aromatic rings. The zero-order chi connectivity index (χ0) is 20.2. The maximum Gasteiger partial charge on any atom is 0.231 e. The molecule has 29 heavy (non-hydrogen) atoms. The fraction of sp³-hybridized carbons (Fsp3) is 0.409. The van der Waals surface area contributed by atoms with Crippen LogP contribution in [0.5, 0.6) is 17.2 Å². The van der Waals surface area contributed by atoms with E-state index in [1.54, 1.807) is 7.11 Å². The van der Waals surface area contributed by atoms with E-state index in [4.69, 9.17) is 14.2 Å². The number of aliphatic hydroxyl groups excluding tert-OH is 1. The van der Waals surface area contributed by atoms with Crippen LogP contribution in [0.2, 0.25) is 0 Å². The molecule has 1 atom stereocenters. The molecule has 2 aliphatic heterocycles. The van der Waals surface area contributed by atoms with Crippen LogP contribution in [0.4, 0.5) is 5.69 Å². The summed E-state index contributed by atoms with van der Waals surface area (Å²) in [5, 5.41) is 13.6. The van der Waals surface area contributed by atoms with Crippen molar-refractivity contribution >= 4 is 11.6 Å². The van der Waals surface area contributed by atoms with E-state index in [1.165, 1.54) is 0 Å². The fourth-order valence-electron chi connectivity index (χ4n) is 3.83. The third-order valence-electron chi connectivity index (χ3n) is 5.54. The van der Waals surface area contributed by atoms with E-state index in [9.17, 15) is 9.90 Å². The predicted molar refractivity (Wildman–Crippen MR) is 108 cm³/mol. The number of rotatable bonds is 6. The van der Waals surface area contributed by atoms with Crippen LogP contribution < -0.4 is 19.5 Å². The number of carbonyl (C=O) groups excluding carboxylic acids is 1. The van der Waals surface area contributed by atoms with Crippen molar-refractivity contribution < 1.29 is 24.1 Å². The molecule has 4 rings (SSSR count). The molecule has 2 heterocycles. The predicted octanol–water partition coefficient (Wildman–Crippen LogP) is 2.81. The number of piperidine rings is 1. The van der Waals surface area contributed by atoms with Gasteiger partial charge in [-0.05, 0) is 55.8 Å². The number of amides is 1. The Kier molecular flexibility index (Phi) is 5.87. The molecule has 7 heteroatoms. The van der Waals surface area contributed by atoms with Gasteiger partial charge in [0.15, 0.2) is 11.5 Å². The molecule has 0 spiro atoms. The highest BCUT2D eigenvalue weighted by Gasteiger charge is 2.27. The highest BCUT2D eigenvalue weighted by molar-refractivity contribution is 5.94. The van der Waals surface area contributed by atoms with Crippen LogP contribution in [-0.2, 0) is 4.79 Å². The number of para-hydroxylation sites is 2. The summed E-state index contributed by atoms with van der Waals surface area (Å²) >= 11 is 0. The summed E-state index contributed by atoms with van der Waals surface area (Å²) in [7, 11) is 1.59. The van der Waals surface area contributed by atoms with E-state index in [-0.39, 0.29) is 18.6 Å². The van der Waals surface area contributed by atoms with Crippen molar-refractivity contribution in [2.45, 2.75) is 18.9 Å². The van der Waals surface area contributed by atoms with Crippen LogP contribution in [0.3, 0.4) is 0 Å². The largest absolute Gasteiger partial charge is 0.495 e. The SMILES string of the molecule is COc1ccccc1NC(=O)C1CCN(CC(O)c2ccc3c(c2)OCO3)CC1. The molecule has 0 saturated carbocycles. The molecule has 1 unspecified atom stereocenters.